The predicted molar refractivity (Wildman–Crippen MR) is 79.4 cm³/mol. The van der Waals surface area contributed by atoms with Crippen molar-refractivity contribution in [1.82, 2.24) is 9.80 Å². The molecule has 2 N–H and O–H groups in total. The third kappa shape index (κ3) is 3.48. The maximum Gasteiger partial charge on any atom is 0.0710 e. The van der Waals surface area contributed by atoms with Gasteiger partial charge in [-0.2, -0.15) is 0 Å². The van der Waals surface area contributed by atoms with Gasteiger partial charge >= 0.3 is 0 Å². The van der Waals surface area contributed by atoms with Gasteiger partial charge in [-0.05, 0) is 51.7 Å². The van der Waals surface area contributed by atoms with Crippen LogP contribution in [0.5, 0.6) is 0 Å². The standard InChI is InChI=1S/C15H31N3O/c1-3-8-17-9-4-6-15(13-16,7-11-17)18-10-5-14(12-18)19-2/h14H,3-13,16H2,1-2H3. The highest BCUT2D eigenvalue weighted by Crippen LogP contribution is 2.31. The molecule has 2 aliphatic heterocycles. The first-order chi connectivity index (χ1) is 9.24. The van der Waals surface area contributed by atoms with Crippen molar-refractivity contribution in [3.05, 3.63) is 0 Å². The van der Waals surface area contributed by atoms with Crippen LogP contribution in [0.2, 0.25) is 0 Å². The van der Waals surface area contributed by atoms with E-state index in [1.54, 1.807) is 0 Å². The molecule has 2 heterocycles. The zero-order valence-corrected chi connectivity index (χ0v) is 12.7. The summed E-state index contributed by atoms with van der Waals surface area (Å²) in [5.74, 6) is 0. The molecule has 2 atom stereocenters. The van der Waals surface area contributed by atoms with Crippen LogP contribution in [0.15, 0.2) is 0 Å². The molecule has 0 aromatic carbocycles. The van der Waals surface area contributed by atoms with Crippen LogP contribution in [0.4, 0.5) is 0 Å². The molecule has 0 spiro atoms. The van der Waals surface area contributed by atoms with Gasteiger partial charge in [-0.25, -0.2) is 0 Å². The van der Waals surface area contributed by atoms with Crippen molar-refractivity contribution in [1.29, 1.82) is 0 Å². The van der Waals surface area contributed by atoms with Crippen molar-refractivity contribution in [2.24, 2.45) is 5.73 Å². The molecular weight excluding hydrogens is 238 g/mol. The Labute approximate surface area is 118 Å². The lowest BCUT2D eigenvalue weighted by Crippen LogP contribution is -2.53. The fourth-order valence-corrected chi connectivity index (χ4v) is 3.78. The van der Waals surface area contributed by atoms with Crippen LogP contribution >= 0.6 is 0 Å². The minimum absolute atomic E-state index is 0.232. The van der Waals surface area contributed by atoms with Crippen molar-refractivity contribution < 1.29 is 4.74 Å². The summed E-state index contributed by atoms with van der Waals surface area (Å²) in [5, 5.41) is 0. The Balaban J connectivity index is 1.98. The SMILES string of the molecule is CCCN1CCCC(CN)(N2CCC(OC)C2)CC1. The number of rotatable bonds is 5. The van der Waals surface area contributed by atoms with E-state index in [0.29, 0.717) is 6.10 Å². The number of hydrogen-bond acceptors (Lipinski definition) is 4. The van der Waals surface area contributed by atoms with Gasteiger partial charge in [0.1, 0.15) is 0 Å². The van der Waals surface area contributed by atoms with E-state index in [1.165, 1.54) is 45.3 Å². The second-order valence-corrected chi connectivity index (χ2v) is 6.22. The normalized spacial score (nSPS) is 34.6. The Bertz CT molecular complexity index is 274. The van der Waals surface area contributed by atoms with Gasteiger partial charge in [-0.1, -0.05) is 6.92 Å². The number of nitrogens with two attached hydrogens (primary N) is 1. The Morgan fingerprint density at radius 1 is 1.26 bits per heavy atom. The molecular formula is C15H31N3O. The Morgan fingerprint density at radius 3 is 2.74 bits per heavy atom. The van der Waals surface area contributed by atoms with Gasteiger partial charge in [0, 0.05) is 32.3 Å². The molecule has 4 nitrogen and oxygen atoms in total. The highest BCUT2D eigenvalue weighted by atomic mass is 16.5. The zero-order chi connectivity index (χ0) is 13.7. The molecule has 2 rings (SSSR count). The second-order valence-electron chi connectivity index (χ2n) is 6.22. The number of ether oxygens (including phenoxy) is 1. The molecule has 0 saturated carbocycles. The summed E-state index contributed by atoms with van der Waals surface area (Å²) in [5.41, 5.74) is 6.42. The van der Waals surface area contributed by atoms with Crippen LogP contribution in [-0.4, -0.2) is 67.8 Å². The summed E-state index contributed by atoms with van der Waals surface area (Å²) in [6, 6.07) is 0. The van der Waals surface area contributed by atoms with E-state index in [0.717, 1.165) is 26.1 Å². The fraction of sp³-hybridized carbons (Fsp3) is 1.00. The van der Waals surface area contributed by atoms with Crippen molar-refractivity contribution in [2.75, 3.05) is 46.4 Å². The molecule has 0 aromatic heterocycles. The molecule has 2 saturated heterocycles. The van der Waals surface area contributed by atoms with Crippen LogP contribution in [0.1, 0.15) is 39.0 Å². The first kappa shape index (κ1) is 15.2. The first-order valence-electron chi connectivity index (χ1n) is 7.94. The van der Waals surface area contributed by atoms with Gasteiger partial charge < -0.3 is 15.4 Å². The van der Waals surface area contributed by atoms with Crippen LogP contribution in [0.25, 0.3) is 0 Å². The summed E-state index contributed by atoms with van der Waals surface area (Å²) in [6.07, 6.45) is 6.59. The molecule has 0 aliphatic carbocycles. The Kier molecular flexibility index (Phi) is 5.63. The highest BCUT2D eigenvalue weighted by molar-refractivity contribution is 4.97. The third-order valence-corrected chi connectivity index (χ3v) is 5.08. The van der Waals surface area contributed by atoms with Gasteiger partial charge in [0.15, 0.2) is 0 Å². The van der Waals surface area contributed by atoms with Crippen molar-refractivity contribution >= 4 is 0 Å². The van der Waals surface area contributed by atoms with E-state index in [-0.39, 0.29) is 5.54 Å². The van der Waals surface area contributed by atoms with Crippen molar-refractivity contribution in [2.45, 2.75) is 50.7 Å². The lowest BCUT2D eigenvalue weighted by molar-refractivity contribution is 0.0648. The van der Waals surface area contributed by atoms with Crippen LogP contribution < -0.4 is 5.73 Å². The van der Waals surface area contributed by atoms with Gasteiger partial charge in [0.05, 0.1) is 6.10 Å². The van der Waals surface area contributed by atoms with Gasteiger partial charge in [0.25, 0.3) is 0 Å². The third-order valence-electron chi connectivity index (χ3n) is 5.08. The van der Waals surface area contributed by atoms with Crippen LogP contribution in [-0.2, 0) is 4.74 Å². The van der Waals surface area contributed by atoms with Crippen molar-refractivity contribution in [3.63, 3.8) is 0 Å². The molecule has 19 heavy (non-hydrogen) atoms. The molecule has 2 aliphatic rings. The van der Waals surface area contributed by atoms with Gasteiger partial charge in [0.2, 0.25) is 0 Å². The number of nitrogens with zero attached hydrogens (tertiary/aromatic N) is 2. The highest BCUT2D eigenvalue weighted by Gasteiger charge is 2.40. The van der Waals surface area contributed by atoms with Crippen LogP contribution in [0, 0.1) is 0 Å². The maximum absolute atomic E-state index is 6.19. The summed E-state index contributed by atoms with van der Waals surface area (Å²) in [4.78, 5) is 5.23. The minimum Gasteiger partial charge on any atom is -0.380 e. The fourth-order valence-electron chi connectivity index (χ4n) is 3.78. The number of methoxy groups -OCH3 is 1. The average molecular weight is 269 g/mol. The molecule has 112 valence electrons. The minimum atomic E-state index is 0.232. The summed E-state index contributed by atoms with van der Waals surface area (Å²) in [6.45, 7) is 8.98. The van der Waals surface area contributed by atoms with E-state index in [1.807, 2.05) is 7.11 Å². The lowest BCUT2D eigenvalue weighted by Gasteiger charge is -2.41. The summed E-state index contributed by atoms with van der Waals surface area (Å²) in [7, 11) is 1.83. The molecule has 0 amide bonds. The molecule has 0 aromatic rings. The Morgan fingerprint density at radius 2 is 2.11 bits per heavy atom. The molecule has 2 fully saturated rings. The topological polar surface area (TPSA) is 41.7 Å². The van der Waals surface area contributed by atoms with E-state index >= 15 is 0 Å². The van der Waals surface area contributed by atoms with E-state index in [2.05, 4.69) is 16.7 Å². The van der Waals surface area contributed by atoms with Gasteiger partial charge in [-0.3, -0.25) is 4.90 Å². The van der Waals surface area contributed by atoms with Crippen LogP contribution in [0.3, 0.4) is 0 Å². The average Bonchev–Trinajstić information content (AvgIpc) is 2.83. The van der Waals surface area contributed by atoms with Gasteiger partial charge in [-0.15, -0.1) is 0 Å². The summed E-state index contributed by atoms with van der Waals surface area (Å²) < 4.78 is 5.52. The molecule has 4 heteroatoms. The molecule has 0 bridgehead atoms. The lowest BCUT2D eigenvalue weighted by atomic mass is 9.89. The second kappa shape index (κ2) is 7.02. The first-order valence-corrected chi connectivity index (χ1v) is 7.94. The smallest absolute Gasteiger partial charge is 0.0710 e. The monoisotopic (exact) mass is 269 g/mol. The van der Waals surface area contributed by atoms with E-state index in [9.17, 15) is 0 Å². The predicted octanol–water partition coefficient (Wildman–Crippen LogP) is 1.30. The van der Waals surface area contributed by atoms with E-state index in [4.69, 9.17) is 10.5 Å². The number of hydrogen-bond donors (Lipinski definition) is 1. The Hall–Kier alpha value is -0.160. The molecule has 2 unspecified atom stereocenters. The quantitative estimate of drug-likeness (QED) is 0.817. The molecule has 0 radical (unpaired) electrons. The largest absolute Gasteiger partial charge is 0.380 e. The maximum atomic E-state index is 6.19. The zero-order valence-electron chi connectivity index (χ0n) is 12.7. The van der Waals surface area contributed by atoms with Crippen molar-refractivity contribution in [3.8, 4) is 0 Å². The van der Waals surface area contributed by atoms with E-state index < -0.39 is 0 Å². The summed E-state index contributed by atoms with van der Waals surface area (Å²) >= 11 is 0. The number of likely N-dealkylation sites (tertiary alicyclic amines) is 2.